The van der Waals surface area contributed by atoms with Crippen molar-refractivity contribution in [1.29, 1.82) is 0 Å². The van der Waals surface area contributed by atoms with Crippen LogP contribution in [0.4, 0.5) is 10.5 Å². The Labute approximate surface area is 158 Å². The first kappa shape index (κ1) is 19.0. The molecule has 0 aromatic heterocycles. The molecule has 0 bridgehead atoms. The maximum absolute atomic E-state index is 12.6. The van der Waals surface area contributed by atoms with Crippen LogP contribution >= 0.6 is 11.6 Å². The van der Waals surface area contributed by atoms with Crippen molar-refractivity contribution in [3.05, 3.63) is 35.9 Å². The second-order valence-corrected chi connectivity index (χ2v) is 9.92. The maximum atomic E-state index is 12.6. The molecule has 0 saturated heterocycles. The summed E-state index contributed by atoms with van der Waals surface area (Å²) in [5, 5.41) is 1.72. The molecule has 2 aromatic carbocycles. The summed E-state index contributed by atoms with van der Waals surface area (Å²) in [6, 6.07) is 8.71. The number of rotatable bonds is 2. The van der Waals surface area contributed by atoms with Gasteiger partial charge in [-0.05, 0) is 55.3 Å². The number of halogens is 1. The van der Waals surface area contributed by atoms with Crippen molar-refractivity contribution in [2.75, 3.05) is 23.6 Å². The van der Waals surface area contributed by atoms with Gasteiger partial charge in [-0.15, -0.1) is 11.6 Å². The molecular weight excluding hydrogens is 374 g/mol. The number of sulfone groups is 1. The van der Waals surface area contributed by atoms with E-state index in [2.05, 4.69) is 0 Å². The van der Waals surface area contributed by atoms with Gasteiger partial charge in [0.15, 0.2) is 9.84 Å². The van der Waals surface area contributed by atoms with Crippen LogP contribution in [0.15, 0.2) is 35.2 Å². The molecular formula is C19H22ClNO4S. The summed E-state index contributed by atoms with van der Waals surface area (Å²) in [6.07, 6.45) is 0.784. The normalized spacial score (nSPS) is 17.4. The molecule has 0 N–H and O–H groups in total. The van der Waals surface area contributed by atoms with Crippen LogP contribution in [0.2, 0.25) is 0 Å². The molecule has 2 aromatic rings. The Kier molecular flexibility index (Phi) is 4.69. The fourth-order valence-electron chi connectivity index (χ4n) is 3.24. The van der Waals surface area contributed by atoms with Crippen LogP contribution in [0.1, 0.15) is 32.3 Å². The Morgan fingerprint density at radius 2 is 1.96 bits per heavy atom. The number of hydrogen-bond donors (Lipinski definition) is 0. The summed E-state index contributed by atoms with van der Waals surface area (Å²) in [5.41, 5.74) is 1.14. The van der Waals surface area contributed by atoms with Crippen molar-refractivity contribution in [3.8, 4) is 0 Å². The number of amides is 1. The SMILES string of the molecule is CC(C)(C)OC(=O)N1CC(CCl)c2c1ccc1cc(S(C)(=O)=O)ccc21. The highest BCUT2D eigenvalue weighted by atomic mass is 35.5. The zero-order valence-electron chi connectivity index (χ0n) is 15.2. The quantitative estimate of drug-likeness (QED) is 0.710. The third-order valence-electron chi connectivity index (χ3n) is 4.34. The number of carbonyl (C=O) groups is 1. The van der Waals surface area contributed by atoms with E-state index in [0.29, 0.717) is 12.4 Å². The topological polar surface area (TPSA) is 63.7 Å². The standard InChI is InChI=1S/C19H22ClNO4S/c1-19(2,3)25-18(22)21-11-13(10-20)17-15-7-6-14(26(4,23)24)9-12(15)5-8-16(17)21/h5-9,13H,10-11H2,1-4H3. The summed E-state index contributed by atoms with van der Waals surface area (Å²) in [6.45, 7) is 5.93. The number of alkyl halides is 1. The van der Waals surface area contributed by atoms with Crippen LogP contribution in [0, 0.1) is 0 Å². The van der Waals surface area contributed by atoms with E-state index in [1.807, 2.05) is 32.9 Å². The van der Waals surface area contributed by atoms with E-state index in [4.69, 9.17) is 16.3 Å². The fraction of sp³-hybridized carbons (Fsp3) is 0.421. The van der Waals surface area contributed by atoms with Gasteiger partial charge in [0.25, 0.3) is 0 Å². The van der Waals surface area contributed by atoms with Gasteiger partial charge >= 0.3 is 6.09 Å². The van der Waals surface area contributed by atoms with Gasteiger partial charge in [0, 0.05) is 24.6 Å². The van der Waals surface area contributed by atoms with Gasteiger partial charge in [-0.1, -0.05) is 12.1 Å². The Hall–Kier alpha value is -1.79. The second-order valence-electron chi connectivity index (χ2n) is 7.60. The zero-order chi connectivity index (χ0) is 19.3. The molecule has 26 heavy (non-hydrogen) atoms. The van der Waals surface area contributed by atoms with E-state index in [9.17, 15) is 13.2 Å². The van der Waals surface area contributed by atoms with Gasteiger partial charge in [0.1, 0.15) is 5.60 Å². The van der Waals surface area contributed by atoms with Crippen LogP contribution in [-0.2, 0) is 14.6 Å². The number of carbonyl (C=O) groups excluding carboxylic acids is 1. The molecule has 0 aliphatic carbocycles. The van der Waals surface area contributed by atoms with Crippen molar-refractivity contribution in [2.24, 2.45) is 0 Å². The molecule has 7 heteroatoms. The average Bonchev–Trinajstić information content (AvgIpc) is 2.91. The first-order valence-electron chi connectivity index (χ1n) is 8.34. The van der Waals surface area contributed by atoms with E-state index in [0.717, 1.165) is 22.0 Å². The minimum atomic E-state index is -3.28. The van der Waals surface area contributed by atoms with Crippen molar-refractivity contribution in [2.45, 2.75) is 37.2 Å². The largest absolute Gasteiger partial charge is 0.443 e. The molecule has 0 radical (unpaired) electrons. The molecule has 3 rings (SSSR count). The highest BCUT2D eigenvalue weighted by molar-refractivity contribution is 7.90. The summed E-state index contributed by atoms with van der Waals surface area (Å²) < 4.78 is 29.1. The fourth-order valence-corrected chi connectivity index (χ4v) is 4.15. The monoisotopic (exact) mass is 395 g/mol. The van der Waals surface area contributed by atoms with E-state index in [-0.39, 0.29) is 10.8 Å². The molecule has 1 aliphatic rings. The third-order valence-corrected chi connectivity index (χ3v) is 5.82. The number of anilines is 1. The summed E-state index contributed by atoms with van der Waals surface area (Å²) in [4.78, 5) is 14.5. The lowest BCUT2D eigenvalue weighted by Crippen LogP contribution is -2.36. The smallest absolute Gasteiger partial charge is 0.414 e. The Balaban J connectivity index is 2.11. The number of ether oxygens (including phenoxy) is 1. The van der Waals surface area contributed by atoms with Gasteiger partial charge in [0.2, 0.25) is 0 Å². The summed E-state index contributed by atoms with van der Waals surface area (Å²) in [5.74, 6) is 0.325. The van der Waals surface area contributed by atoms with Crippen LogP contribution in [0.5, 0.6) is 0 Å². The van der Waals surface area contributed by atoms with Crippen LogP contribution in [-0.4, -0.2) is 38.8 Å². The molecule has 0 saturated carbocycles. The van der Waals surface area contributed by atoms with Gasteiger partial charge in [-0.25, -0.2) is 13.2 Å². The van der Waals surface area contributed by atoms with Crippen molar-refractivity contribution in [1.82, 2.24) is 0 Å². The molecule has 1 aliphatic heterocycles. The minimum absolute atomic E-state index is 0.0352. The molecule has 140 valence electrons. The van der Waals surface area contributed by atoms with Gasteiger partial charge in [0.05, 0.1) is 10.6 Å². The molecule has 1 heterocycles. The van der Waals surface area contributed by atoms with Crippen LogP contribution < -0.4 is 4.90 Å². The molecule has 1 amide bonds. The van der Waals surface area contributed by atoms with Crippen LogP contribution in [0.25, 0.3) is 10.8 Å². The Morgan fingerprint density at radius 1 is 1.27 bits per heavy atom. The predicted octanol–water partition coefficient (Wildman–Crippen LogP) is 4.32. The highest BCUT2D eigenvalue weighted by Gasteiger charge is 2.35. The van der Waals surface area contributed by atoms with Gasteiger partial charge in [-0.3, -0.25) is 4.90 Å². The lowest BCUT2D eigenvalue weighted by molar-refractivity contribution is 0.0582. The van der Waals surface area contributed by atoms with E-state index in [1.165, 1.54) is 6.26 Å². The molecule has 1 atom stereocenters. The van der Waals surface area contributed by atoms with E-state index >= 15 is 0 Å². The highest BCUT2D eigenvalue weighted by Crippen LogP contribution is 2.42. The molecule has 1 unspecified atom stereocenters. The molecule has 0 fully saturated rings. The molecule has 5 nitrogen and oxygen atoms in total. The molecule has 0 spiro atoms. The third kappa shape index (κ3) is 3.53. The number of hydrogen-bond acceptors (Lipinski definition) is 4. The zero-order valence-corrected chi connectivity index (χ0v) is 16.8. The lowest BCUT2D eigenvalue weighted by Gasteiger charge is -2.25. The van der Waals surface area contributed by atoms with Crippen molar-refractivity contribution >= 4 is 44.0 Å². The Bertz CT molecular complexity index is 979. The summed E-state index contributed by atoms with van der Waals surface area (Å²) >= 11 is 6.17. The van der Waals surface area contributed by atoms with Crippen molar-refractivity contribution in [3.63, 3.8) is 0 Å². The minimum Gasteiger partial charge on any atom is -0.443 e. The van der Waals surface area contributed by atoms with Gasteiger partial charge < -0.3 is 4.74 Å². The Morgan fingerprint density at radius 3 is 2.54 bits per heavy atom. The van der Waals surface area contributed by atoms with Gasteiger partial charge in [-0.2, -0.15) is 0 Å². The maximum Gasteiger partial charge on any atom is 0.414 e. The predicted molar refractivity (Wildman–Crippen MR) is 104 cm³/mol. The van der Waals surface area contributed by atoms with Crippen LogP contribution in [0.3, 0.4) is 0 Å². The summed E-state index contributed by atoms with van der Waals surface area (Å²) in [7, 11) is -3.28. The van der Waals surface area contributed by atoms with Crippen molar-refractivity contribution < 1.29 is 17.9 Å². The van der Waals surface area contributed by atoms with E-state index < -0.39 is 21.5 Å². The number of nitrogens with zero attached hydrogens (tertiary/aromatic N) is 1. The average molecular weight is 396 g/mol. The first-order valence-corrected chi connectivity index (χ1v) is 10.8. The number of fused-ring (bicyclic) bond motifs is 3. The lowest BCUT2D eigenvalue weighted by atomic mass is 9.96. The van der Waals surface area contributed by atoms with E-state index in [1.54, 1.807) is 23.1 Å². The number of benzene rings is 2. The second kappa shape index (κ2) is 6.43. The first-order chi connectivity index (χ1) is 12.0.